The fourth-order valence-electron chi connectivity index (χ4n) is 9.54. The third kappa shape index (κ3) is 3.02. The van der Waals surface area contributed by atoms with E-state index in [4.69, 9.17) is 9.15 Å². The number of fused-ring (bicyclic) bond motifs is 3. The zero-order valence-corrected chi connectivity index (χ0v) is 21.4. The molecule has 6 aliphatic rings. The van der Waals surface area contributed by atoms with Crippen molar-refractivity contribution in [3.05, 3.63) is 35.8 Å². The minimum absolute atomic E-state index is 0.129. The van der Waals surface area contributed by atoms with E-state index in [2.05, 4.69) is 42.7 Å². The third-order valence-corrected chi connectivity index (χ3v) is 12.7. The van der Waals surface area contributed by atoms with Crippen molar-refractivity contribution < 1.29 is 9.15 Å². The molecule has 7 rings (SSSR count). The van der Waals surface area contributed by atoms with E-state index >= 15 is 0 Å². The van der Waals surface area contributed by atoms with Gasteiger partial charge in [0.1, 0.15) is 5.60 Å². The number of thioether (sulfide) groups is 1. The van der Waals surface area contributed by atoms with Gasteiger partial charge < -0.3 is 14.1 Å². The number of hydrogen-bond acceptors (Lipinski definition) is 4. The molecule has 3 heterocycles. The second kappa shape index (κ2) is 7.64. The second-order valence-corrected chi connectivity index (χ2v) is 14.0. The van der Waals surface area contributed by atoms with Gasteiger partial charge in [-0.05, 0) is 106 Å². The lowest BCUT2D eigenvalue weighted by molar-refractivity contribution is -0.0705. The third-order valence-electron chi connectivity index (χ3n) is 11.4. The Bertz CT molecular complexity index is 922. The van der Waals surface area contributed by atoms with Crippen LogP contribution in [0.2, 0.25) is 0 Å². The fourth-order valence-corrected chi connectivity index (χ4v) is 10.8. The van der Waals surface area contributed by atoms with Crippen molar-refractivity contribution in [2.45, 2.75) is 94.5 Å². The van der Waals surface area contributed by atoms with Crippen LogP contribution in [0.1, 0.15) is 83.1 Å². The minimum atomic E-state index is 0.129. The Labute approximate surface area is 204 Å². The van der Waals surface area contributed by atoms with Gasteiger partial charge in [-0.3, -0.25) is 0 Å². The van der Waals surface area contributed by atoms with Gasteiger partial charge in [-0.15, -0.1) is 0 Å². The molecule has 4 heteroatoms. The van der Waals surface area contributed by atoms with Crippen molar-refractivity contribution in [2.24, 2.45) is 22.7 Å². The van der Waals surface area contributed by atoms with Crippen LogP contribution in [0.3, 0.4) is 0 Å². The minimum Gasteiger partial charge on any atom is -0.472 e. The molecule has 2 saturated heterocycles. The highest BCUT2D eigenvalue weighted by Crippen LogP contribution is 2.77. The van der Waals surface area contributed by atoms with Gasteiger partial charge >= 0.3 is 0 Å². The highest BCUT2D eigenvalue weighted by molar-refractivity contribution is 7.99. The molecule has 1 spiro atoms. The van der Waals surface area contributed by atoms with Crippen molar-refractivity contribution in [2.75, 3.05) is 25.4 Å². The van der Waals surface area contributed by atoms with Gasteiger partial charge in [0.25, 0.3) is 0 Å². The molecule has 3 nitrogen and oxygen atoms in total. The first kappa shape index (κ1) is 21.6. The first-order valence-corrected chi connectivity index (χ1v) is 14.8. The lowest BCUT2D eigenvalue weighted by atomic mass is 9.46. The van der Waals surface area contributed by atoms with Crippen LogP contribution >= 0.6 is 11.8 Å². The van der Waals surface area contributed by atoms with Crippen molar-refractivity contribution in [1.29, 1.82) is 0 Å². The molecule has 5 fully saturated rings. The van der Waals surface area contributed by atoms with Crippen LogP contribution in [-0.2, 0) is 4.74 Å². The van der Waals surface area contributed by atoms with Crippen LogP contribution in [-0.4, -0.2) is 47.2 Å². The van der Waals surface area contributed by atoms with Gasteiger partial charge in [0.2, 0.25) is 0 Å². The fraction of sp³-hybridized carbons (Fsp3) is 0.793. The van der Waals surface area contributed by atoms with Gasteiger partial charge in [-0.25, -0.2) is 0 Å². The Morgan fingerprint density at radius 3 is 2.82 bits per heavy atom. The molecule has 0 N–H and O–H groups in total. The van der Waals surface area contributed by atoms with Gasteiger partial charge in [0.15, 0.2) is 0 Å². The molecule has 0 radical (unpaired) electrons. The number of hydrogen-bond donors (Lipinski definition) is 0. The quantitative estimate of drug-likeness (QED) is 0.358. The number of allylic oxidation sites excluding steroid dienone is 2. The van der Waals surface area contributed by atoms with Crippen molar-refractivity contribution in [3.63, 3.8) is 0 Å². The summed E-state index contributed by atoms with van der Waals surface area (Å²) in [7, 11) is 0. The Balaban J connectivity index is 1.08. The Hall–Kier alpha value is -0.710. The number of furan rings is 1. The van der Waals surface area contributed by atoms with E-state index in [-0.39, 0.29) is 11.0 Å². The van der Waals surface area contributed by atoms with Gasteiger partial charge in [0.05, 0.1) is 18.6 Å². The van der Waals surface area contributed by atoms with Crippen molar-refractivity contribution in [1.82, 2.24) is 4.90 Å². The van der Waals surface area contributed by atoms with Crippen LogP contribution in [0.4, 0.5) is 0 Å². The van der Waals surface area contributed by atoms with Crippen molar-refractivity contribution >= 4 is 11.8 Å². The SMILES string of the molecule is C[C@]12CCC(SCCN3CCCC3)CC1=CC[C@@H]1[C@H]2CC[C@]2(C)C(c3ccoc3)CC3O[C@]312. The van der Waals surface area contributed by atoms with E-state index in [1.807, 2.05) is 18.1 Å². The molecule has 1 aromatic rings. The van der Waals surface area contributed by atoms with Gasteiger partial charge in [-0.1, -0.05) is 25.5 Å². The van der Waals surface area contributed by atoms with Gasteiger partial charge in [0, 0.05) is 23.0 Å². The smallest absolute Gasteiger partial charge is 0.104 e. The molecule has 0 aromatic carbocycles. The van der Waals surface area contributed by atoms with Gasteiger partial charge in [-0.2, -0.15) is 11.8 Å². The molecule has 33 heavy (non-hydrogen) atoms. The Morgan fingerprint density at radius 1 is 1.12 bits per heavy atom. The molecule has 0 amide bonds. The highest BCUT2D eigenvalue weighted by Gasteiger charge is 2.80. The number of nitrogens with zero attached hydrogens (tertiary/aromatic N) is 1. The zero-order chi connectivity index (χ0) is 22.3. The van der Waals surface area contributed by atoms with E-state index < -0.39 is 0 Å². The molecular weight excluding hydrogens is 426 g/mol. The van der Waals surface area contributed by atoms with Crippen LogP contribution in [0.15, 0.2) is 34.7 Å². The predicted octanol–water partition coefficient (Wildman–Crippen LogP) is 6.65. The van der Waals surface area contributed by atoms with Crippen LogP contribution in [0, 0.1) is 22.7 Å². The first-order chi connectivity index (χ1) is 16.0. The lowest BCUT2D eigenvalue weighted by Crippen LogP contribution is -2.55. The molecule has 4 aliphatic carbocycles. The Kier molecular flexibility index (Phi) is 4.99. The molecule has 180 valence electrons. The second-order valence-electron chi connectivity index (χ2n) is 12.6. The maximum Gasteiger partial charge on any atom is 0.104 e. The number of ether oxygens (including phenoxy) is 1. The zero-order valence-electron chi connectivity index (χ0n) is 20.6. The van der Waals surface area contributed by atoms with Crippen LogP contribution in [0.5, 0.6) is 0 Å². The number of epoxide rings is 1. The lowest BCUT2D eigenvalue weighted by Gasteiger charge is -2.58. The summed E-state index contributed by atoms with van der Waals surface area (Å²) in [6.07, 6.45) is 19.2. The maximum atomic E-state index is 6.72. The molecule has 2 aliphatic heterocycles. The summed E-state index contributed by atoms with van der Waals surface area (Å²) in [6.45, 7) is 9.18. The van der Waals surface area contributed by atoms with E-state index in [0.717, 1.165) is 11.2 Å². The molecule has 8 atom stereocenters. The maximum absolute atomic E-state index is 6.72. The summed E-state index contributed by atoms with van der Waals surface area (Å²) in [4.78, 5) is 2.67. The predicted molar refractivity (Wildman–Crippen MR) is 135 cm³/mol. The van der Waals surface area contributed by atoms with Crippen molar-refractivity contribution in [3.8, 4) is 0 Å². The van der Waals surface area contributed by atoms with E-state index in [1.165, 1.54) is 88.7 Å². The topological polar surface area (TPSA) is 28.9 Å². The molecule has 0 bridgehead atoms. The average molecular weight is 468 g/mol. The summed E-state index contributed by atoms with van der Waals surface area (Å²) in [5.74, 6) is 3.46. The number of rotatable bonds is 5. The van der Waals surface area contributed by atoms with E-state index in [1.54, 1.807) is 0 Å². The molecular formula is C29H41NO2S. The molecule has 1 aromatic heterocycles. The standard InChI is InChI=1S/C29H41NO2S/c1-27-10-7-22(33-16-14-30-12-3-4-13-30)17-21(27)5-6-24-23(27)8-11-28(2)25(20-9-15-31-19-20)18-26-29(24,28)32-26/h5,9,15,19,22-26H,3-4,6-8,10-14,16-18H2,1-2H3/t22?,23-,24-,25?,26?,27+,28-,29+/m1/s1. The average Bonchev–Trinajstić information content (AvgIpc) is 3.23. The summed E-state index contributed by atoms with van der Waals surface area (Å²) in [5.41, 5.74) is 4.04. The summed E-state index contributed by atoms with van der Waals surface area (Å²) in [5, 5.41) is 0.845. The Morgan fingerprint density at radius 2 is 2.00 bits per heavy atom. The number of likely N-dealkylation sites (tertiary alicyclic amines) is 1. The van der Waals surface area contributed by atoms with E-state index in [0.29, 0.717) is 23.4 Å². The summed E-state index contributed by atoms with van der Waals surface area (Å²) in [6, 6.07) is 2.21. The molecule has 3 unspecified atom stereocenters. The largest absolute Gasteiger partial charge is 0.472 e. The monoisotopic (exact) mass is 467 g/mol. The first-order valence-electron chi connectivity index (χ1n) is 13.8. The summed E-state index contributed by atoms with van der Waals surface area (Å²) < 4.78 is 12.2. The normalized spacial score (nSPS) is 48.5. The summed E-state index contributed by atoms with van der Waals surface area (Å²) >= 11 is 2.27. The van der Waals surface area contributed by atoms with E-state index in [9.17, 15) is 0 Å². The van der Waals surface area contributed by atoms with Crippen LogP contribution in [0.25, 0.3) is 0 Å². The molecule has 3 saturated carbocycles. The highest BCUT2D eigenvalue weighted by atomic mass is 32.2. The van der Waals surface area contributed by atoms with Crippen LogP contribution < -0.4 is 0 Å².